The highest BCUT2D eigenvalue weighted by Crippen LogP contribution is 2.04. The molecule has 1 aromatic heterocycles. The minimum Gasteiger partial charge on any atom is -0.273 e. The van der Waals surface area contributed by atoms with Crippen LogP contribution >= 0.6 is 15.9 Å². The first-order chi connectivity index (χ1) is 5.86. The predicted octanol–water partition coefficient (Wildman–Crippen LogP) is 2.62. The van der Waals surface area contributed by atoms with Crippen LogP contribution in [-0.2, 0) is 13.0 Å². The number of alkyl halides is 1. The van der Waals surface area contributed by atoms with E-state index in [4.69, 9.17) is 0 Å². The average Bonchev–Trinajstić information content (AvgIpc) is 2.53. The maximum absolute atomic E-state index is 4.22. The number of aryl methyl sites for hydroxylation is 2. The van der Waals surface area contributed by atoms with E-state index >= 15 is 0 Å². The quantitative estimate of drug-likeness (QED) is 0.562. The molecular weight excluding hydrogens is 216 g/mol. The first-order valence-corrected chi connectivity index (χ1v) is 5.56. The summed E-state index contributed by atoms with van der Waals surface area (Å²) in [6.07, 6.45) is 7.76. The summed E-state index contributed by atoms with van der Waals surface area (Å²) in [6, 6.07) is 0. The lowest BCUT2D eigenvalue weighted by Crippen LogP contribution is -1.92. The van der Waals surface area contributed by atoms with Gasteiger partial charge in [0.25, 0.3) is 0 Å². The first kappa shape index (κ1) is 9.78. The normalized spacial score (nSPS) is 10.5. The van der Waals surface area contributed by atoms with Gasteiger partial charge in [-0.2, -0.15) is 5.10 Å². The molecule has 3 heteroatoms. The molecule has 1 aromatic rings. The fraction of sp³-hybridized carbons (Fsp3) is 0.667. The van der Waals surface area contributed by atoms with Crippen molar-refractivity contribution in [3.05, 3.63) is 18.0 Å². The summed E-state index contributed by atoms with van der Waals surface area (Å²) in [7, 11) is 0. The lowest BCUT2D eigenvalue weighted by atomic mass is 10.2. The Kier molecular flexibility index (Phi) is 4.36. The third-order valence-corrected chi connectivity index (χ3v) is 2.42. The summed E-state index contributed by atoms with van der Waals surface area (Å²) < 4.78 is 1.98. The molecule has 12 heavy (non-hydrogen) atoms. The van der Waals surface area contributed by atoms with Gasteiger partial charge in [0, 0.05) is 18.1 Å². The summed E-state index contributed by atoms with van der Waals surface area (Å²) in [6.45, 7) is 3.08. The maximum atomic E-state index is 4.22. The summed E-state index contributed by atoms with van der Waals surface area (Å²) in [5, 5.41) is 5.32. The van der Waals surface area contributed by atoms with E-state index in [1.165, 1.54) is 18.4 Å². The number of halogens is 1. The van der Waals surface area contributed by atoms with E-state index in [1.807, 2.05) is 10.9 Å². The van der Waals surface area contributed by atoms with Gasteiger partial charge in [0.05, 0.1) is 6.20 Å². The lowest BCUT2D eigenvalue weighted by Gasteiger charge is -1.94. The van der Waals surface area contributed by atoms with E-state index in [1.54, 1.807) is 0 Å². The minimum absolute atomic E-state index is 0.971. The lowest BCUT2D eigenvalue weighted by molar-refractivity contribution is 0.658. The second-order valence-electron chi connectivity index (χ2n) is 2.85. The summed E-state index contributed by atoms with van der Waals surface area (Å²) in [5.74, 6) is 0. The topological polar surface area (TPSA) is 17.8 Å². The van der Waals surface area contributed by atoms with Crippen molar-refractivity contribution in [3.63, 3.8) is 0 Å². The average molecular weight is 231 g/mol. The van der Waals surface area contributed by atoms with Gasteiger partial charge in [-0.05, 0) is 31.7 Å². The predicted molar refractivity (Wildman–Crippen MR) is 54.6 cm³/mol. The van der Waals surface area contributed by atoms with Gasteiger partial charge in [-0.15, -0.1) is 0 Å². The highest BCUT2D eigenvalue weighted by molar-refractivity contribution is 9.09. The van der Waals surface area contributed by atoms with Crippen molar-refractivity contribution in [1.82, 2.24) is 9.78 Å². The third-order valence-electron chi connectivity index (χ3n) is 1.86. The Bertz CT molecular complexity index is 220. The Morgan fingerprint density at radius 1 is 1.50 bits per heavy atom. The monoisotopic (exact) mass is 230 g/mol. The van der Waals surface area contributed by atoms with Crippen LogP contribution in [0.3, 0.4) is 0 Å². The zero-order chi connectivity index (χ0) is 8.81. The van der Waals surface area contributed by atoms with Crippen molar-refractivity contribution in [2.75, 3.05) is 5.33 Å². The van der Waals surface area contributed by atoms with Crippen LogP contribution in [0.15, 0.2) is 12.4 Å². The largest absolute Gasteiger partial charge is 0.273 e. The summed E-state index contributed by atoms with van der Waals surface area (Å²) >= 11 is 3.42. The van der Waals surface area contributed by atoms with E-state index < -0.39 is 0 Å². The standard InChI is InChI=1S/C9H15BrN2/c1-2-12-8-9(7-11-12)5-3-4-6-10/h7-8H,2-6H2,1H3. The Labute approximate surface area is 82.1 Å². The Morgan fingerprint density at radius 2 is 2.33 bits per heavy atom. The van der Waals surface area contributed by atoms with Crippen molar-refractivity contribution in [3.8, 4) is 0 Å². The van der Waals surface area contributed by atoms with Crippen molar-refractivity contribution in [1.29, 1.82) is 0 Å². The molecule has 0 atom stereocenters. The molecule has 0 saturated heterocycles. The Balaban J connectivity index is 2.31. The molecule has 68 valence electrons. The molecule has 0 aliphatic heterocycles. The molecule has 0 bridgehead atoms. The van der Waals surface area contributed by atoms with Crippen molar-refractivity contribution < 1.29 is 0 Å². The van der Waals surface area contributed by atoms with Crippen LogP contribution in [0.1, 0.15) is 25.3 Å². The zero-order valence-electron chi connectivity index (χ0n) is 7.46. The van der Waals surface area contributed by atoms with Gasteiger partial charge in [0.2, 0.25) is 0 Å². The van der Waals surface area contributed by atoms with Crippen LogP contribution in [0.25, 0.3) is 0 Å². The molecule has 0 radical (unpaired) electrons. The molecule has 1 rings (SSSR count). The van der Waals surface area contributed by atoms with E-state index in [0.717, 1.165) is 18.3 Å². The molecule has 1 heterocycles. The van der Waals surface area contributed by atoms with Crippen molar-refractivity contribution >= 4 is 15.9 Å². The molecule has 0 unspecified atom stereocenters. The number of hydrogen-bond acceptors (Lipinski definition) is 1. The highest BCUT2D eigenvalue weighted by atomic mass is 79.9. The number of rotatable bonds is 5. The Morgan fingerprint density at radius 3 is 2.92 bits per heavy atom. The molecule has 2 nitrogen and oxygen atoms in total. The van der Waals surface area contributed by atoms with Gasteiger partial charge >= 0.3 is 0 Å². The van der Waals surface area contributed by atoms with Crippen LogP contribution < -0.4 is 0 Å². The van der Waals surface area contributed by atoms with Crippen LogP contribution in [-0.4, -0.2) is 15.1 Å². The fourth-order valence-electron chi connectivity index (χ4n) is 1.13. The van der Waals surface area contributed by atoms with E-state index in [0.29, 0.717) is 0 Å². The molecule has 0 amide bonds. The van der Waals surface area contributed by atoms with Gasteiger partial charge in [0.1, 0.15) is 0 Å². The number of nitrogens with zero attached hydrogens (tertiary/aromatic N) is 2. The van der Waals surface area contributed by atoms with Crippen LogP contribution in [0, 0.1) is 0 Å². The van der Waals surface area contributed by atoms with Gasteiger partial charge in [-0.3, -0.25) is 4.68 Å². The van der Waals surface area contributed by atoms with Crippen molar-refractivity contribution in [2.45, 2.75) is 32.7 Å². The molecule has 0 aliphatic carbocycles. The van der Waals surface area contributed by atoms with Gasteiger partial charge in [-0.25, -0.2) is 0 Å². The van der Waals surface area contributed by atoms with E-state index in [9.17, 15) is 0 Å². The number of aromatic nitrogens is 2. The molecule has 0 N–H and O–H groups in total. The molecule has 0 aromatic carbocycles. The van der Waals surface area contributed by atoms with Gasteiger partial charge in [-0.1, -0.05) is 15.9 Å². The van der Waals surface area contributed by atoms with Crippen LogP contribution in [0.2, 0.25) is 0 Å². The molecule has 0 saturated carbocycles. The fourth-order valence-corrected chi connectivity index (χ4v) is 1.53. The van der Waals surface area contributed by atoms with Crippen LogP contribution in [0.4, 0.5) is 0 Å². The number of hydrogen-bond donors (Lipinski definition) is 0. The third kappa shape index (κ3) is 2.97. The minimum atomic E-state index is 0.971. The summed E-state index contributed by atoms with van der Waals surface area (Å²) in [5.41, 5.74) is 1.36. The van der Waals surface area contributed by atoms with Gasteiger partial charge in [0.15, 0.2) is 0 Å². The number of unbranched alkanes of at least 4 members (excludes halogenated alkanes) is 1. The van der Waals surface area contributed by atoms with Crippen molar-refractivity contribution in [2.24, 2.45) is 0 Å². The van der Waals surface area contributed by atoms with Crippen LogP contribution in [0.5, 0.6) is 0 Å². The molecular formula is C9H15BrN2. The molecule has 0 fully saturated rings. The molecule has 0 spiro atoms. The second kappa shape index (κ2) is 5.36. The van der Waals surface area contributed by atoms with Gasteiger partial charge < -0.3 is 0 Å². The highest BCUT2D eigenvalue weighted by Gasteiger charge is 1.96. The Hall–Kier alpha value is -0.310. The SMILES string of the molecule is CCn1cc(CCCCBr)cn1. The summed E-state index contributed by atoms with van der Waals surface area (Å²) in [4.78, 5) is 0. The maximum Gasteiger partial charge on any atom is 0.0521 e. The zero-order valence-corrected chi connectivity index (χ0v) is 9.05. The smallest absolute Gasteiger partial charge is 0.0521 e. The second-order valence-corrected chi connectivity index (χ2v) is 3.64. The molecule has 0 aliphatic rings. The van der Waals surface area contributed by atoms with E-state index in [2.05, 4.69) is 34.1 Å². The van der Waals surface area contributed by atoms with E-state index in [-0.39, 0.29) is 0 Å². The first-order valence-electron chi connectivity index (χ1n) is 4.44.